The number of carbonyl (C=O) groups excluding carboxylic acids is 1. The monoisotopic (exact) mass is 381 g/mol. The van der Waals surface area contributed by atoms with Gasteiger partial charge in [0.05, 0.1) is 13.2 Å². The number of amides is 1. The summed E-state index contributed by atoms with van der Waals surface area (Å²) in [5, 5.41) is 6.72. The van der Waals surface area contributed by atoms with Gasteiger partial charge in [-0.2, -0.15) is 0 Å². The molecule has 0 radical (unpaired) electrons. The van der Waals surface area contributed by atoms with E-state index in [4.69, 9.17) is 4.74 Å². The largest absolute Gasteiger partial charge is 0.379 e. The standard InChI is InChI=1S/C17H31N3O2.2ClH/c1-14-13-18-7-4-15(14)19-16(21)12-17(5-2-3-6-17)20-8-10-22-11-9-20;;/h14-15,18H,2-13H2,1H3,(H,19,21);2*1H. The molecule has 2 heterocycles. The molecule has 3 aliphatic rings. The normalized spacial score (nSPS) is 30.0. The zero-order valence-electron chi connectivity index (χ0n) is 14.7. The van der Waals surface area contributed by atoms with E-state index >= 15 is 0 Å². The van der Waals surface area contributed by atoms with Gasteiger partial charge in [-0.3, -0.25) is 9.69 Å². The number of nitrogens with zero attached hydrogens (tertiary/aromatic N) is 1. The number of ether oxygens (including phenoxy) is 1. The van der Waals surface area contributed by atoms with Crippen LogP contribution in [0.3, 0.4) is 0 Å². The molecule has 2 saturated heterocycles. The van der Waals surface area contributed by atoms with Crippen LogP contribution in [0.4, 0.5) is 0 Å². The predicted molar refractivity (Wildman–Crippen MR) is 101 cm³/mol. The van der Waals surface area contributed by atoms with E-state index in [1.54, 1.807) is 0 Å². The van der Waals surface area contributed by atoms with Crippen LogP contribution in [0.2, 0.25) is 0 Å². The minimum absolute atomic E-state index is 0. The Bertz CT molecular complexity index is 386. The molecule has 0 aromatic carbocycles. The van der Waals surface area contributed by atoms with Crippen molar-refractivity contribution < 1.29 is 9.53 Å². The minimum atomic E-state index is 0. The molecule has 5 nitrogen and oxygen atoms in total. The fourth-order valence-corrected chi connectivity index (χ4v) is 4.46. The summed E-state index contributed by atoms with van der Waals surface area (Å²) in [4.78, 5) is 15.2. The first kappa shape index (κ1) is 22.0. The van der Waals surface area contributed by atoms with E-state index in [2.05, 4.69) is 22.5 Å². The third kappa shape index (κ3) is 5.21. The van der Waals surface area contributed by atoms with Gasteiger partial charge < -0.3 is 15.4 Å². The van der Waals surface area contributed by atoms with Crippen molar-refractivity contribution in [3.63, 3.8) is 0 Å². The van der Waals surface area contributed by atoms with E-state index in [-0.39, 0.29) is 36.3 Å². The van der Waals surface area contributed by atoms with Crippen molar-refractivity contribution in [2.24, 2.45) is 5.92 Å². The smallest absolute Gasteiger partial charge is 0.222 e. The third-order valence-electron chi connectivity index (χ3n) is 5.84. The Hall–Kier alpha value is -0.0700. The minimum Gasteiger partial charge on any atom is -0.379 e. The highest BCUT2D eigenvalue weighted by Crippen LogP contribution is 2.38. The summed E-state index contributed by atoms with van der Waals surface area (Å²) >= 11 is 0. The summed E-state index contributed by atoms with van der Waals surface area (Å²) in [5.41, 5.74) is 0.101. The van der Waals surface area contributed by atoms with Crippen molar-refractivity contribution >= 4 is 30.7 Å². The predicted octanol–water partition coefficient (Wildman–Crippen LogP) is 1.98. The quantitative estimate of drug-likeness (QED) is 0.781. The topological polar surface area (TPSA) is 53.6 Å². The SMILES string of the molecule is CC1CNCCC1NC(=O)CC1(N2CCOCC2)CCCC1.Cl.Cl. The number of hydrogen-bond acceptors (Lipinski definition) is 4. The molecule has 2 aliphatic heterocycles. The first-order valence-electron chi connectivity index (χ1n) is 9.02. The summed E-state index contributed by atoms with van der Waals surface area (Å²) in [5.74, 6) is 0.785. The molecular weight excluding hydrogens is 349 g/mol. The van der Waals surface area contributed by atoms with Crippen LogP contribution in [-0.2, 0) is 9.53 Å². The summed E-state index contributed by atoms with van der Waals surface area (Å²) in [6.07, 6.45) is 6.58. The molecule has 2 unspecified atom stereocenters. The number of piperidine rings is 1. The highest BCUT2D eigenvalue weighted by Gasteiger charge is 2.42. The first-order chi connectivity index (χ1) is 10.7. The van der Waals surface area contributed by atoms with Gasteiger partial charge in [-0.25, -0.2) is 0 Å². The molecule has 24 heavy (non-hydrogen) atoms. The second-order valence-corrected chi connectivity index (χ2v) is 7.35. The zero-order valence-corrected chi connectivity index (χ0v) is 16.4. The molecule has 3 rings (SSSR count). The van der Waals surface area contributed by atoms with Gasteiger partial charge >= 0.3 is 0 Å². The second kappa shape index (κ2) is 10.2. The fraction of sp³-hybridized carbons (Fsp3) is 0.941. The van der Waals surface area contributed by atoms with Crippen molar-refractivity contribution in [2.45, 2.75) is 57.0 Å². The number of halogens is 2. The van der Waals surface area contributed by atoms with E-state index in [0.29, 0.717) is 18.4 Å². The van der Waals surface area contributed by atoms with Gasteiger partial charge in [-0.15, -0.1) is 24.8 Å². The number of hydrogen-bond donors (Lipinski definition) is 2. The Morgan fingerprint density at radius 2 is 1.92 bits per heavy atom. The lowest BCUT2D eigenvalue weighted by Gasteiger charge is -2.43. The average molecular weight is 382 g/mol. The maximum absolute atomic E-state index is 12.7. The van der Waals surface area contributed by atoms with Crippen LogP contribution in [0.5, 0.6) is 0 Å². The fourth-order valence-electron chi connectivity index (χ4n) is 4.46. The van der Waals surface area contributed by atoms with Gasteiger partial charge in [0.25, 0.3) is 0 Å². The Kier molecular flexibility index (Phi) is 9.31. The van der Waals surface area contributed by atoms with Crippen LogP contribution in [0.15, 0.2) is 0 Å². The molecule has 142 valence electrons. The molecule has 7 heteroatoms. The maximum atomic E-state index is 12.7. The first-order valence-corrected chi connectivity index (χ1v) is 9.02. The van der Waals surface area contributed by atoms with E-state index in [9.17, 15) is 4.79 Å². The summed E-state index contributed by atoms with van der Waals surface area (Å²) in [6, 6.07) is 0.344. The van der Waals surface area contributed by atoms with Crippen molar-refractivity contribution in [3.05, 3.63) is 0 Å². The van der Waals surface area contributed by atoms with Crippen LogP contribution in [-0.4, -0.2) is 61.8 Å². The van der Waals surface area contributed by atoms with E-state index in [1.165, 1.54) is 25.7 Å². The number of nitrogens with one attached hydrogen (secondary N) is 2. The molecular formula is C17H33Cl2N3O2. The van der Waals surface area contributed by atoms with Crippen molar-refractivity contribution in [1.29, 1.82) is 0 Å². The Labute approximate surface area is 158 Å². The van der Waals surface area contributed by atoms with Gasteiger partial charge in [0.15, 0.2) is 0 Å². The molecule has 3 fully saturated rings. The lowest BCUT2D eigenvalue weighted by atomic mass is 9.89. The Morgan fingerprint density at radius 1 is 1.25 bits per heavy atom. The number of rotatable bonds is 4. The molecule has 0 bridgehead atoms. The van der Waals surface area contributed by atoms with Crippen molar-refractivity contribution in [2.75, 3.05) is 39.4 Å². The molecule has 2 N–H and O–H groups in total. The van der Waals surface area contributed by atoms with Crippen molar-refractivity contribution in [1.82, 2.24) is 15.5 Å². The summed E-state index contributed by atoms with van der Waals surface area (Å²) in [7, 11) is 0. The summed E-state index contributed by atoms with van der Waals surface area (Å²) in [6.45, 7) is 7.85. The van der Waals surface area contributed by atoms with Crippen LogP contribution >= 0.6 is 24.8 Å². The van der Waals surface area contributed by atoms with Crippen LogP contribution in [0.1, 0.15) is 45.4 Å². The maximum Gasteiger partial charge on any atom is 0.222 e. The molecule has 1 aliphatic carbocycles. The van der Waals surface area contributed by atoms with Crippen LogP contribution < -0.4 is 10.6 Å². The number of carbonyl (C=O) groups is 1. The molecule has 1 amide bonds. The molecule has 2 atom stereocenters. The van der Waals surface area contributed by atoms with Gasteiger partial charge in [0.2, 0.25) is 5.91 Å². The van der Waals surface area contributed by atoms with Crippen LogP contribution in [0.25, 0.3) is 0 Å². The van der Waals surface area contributed by atoms with Gasteiger partial charge in [0.1, 0.15) is 0 Å². The summed E-state index contributed by atoms with van der Waals surface area (Å²) < 4.78 is 5.50. The lowest BCUT2D eigenvalue weighted by molar-refractivity contribution is -0.126. The highest BCUT2D eigenvalue weighted by molar-refractivity contribution is 5.85. The van der Waals surface area contributed by atoms with E-state index < -0.39 is 0 Å². The third-order valence-corrected chi connectivity index (χ3v) is 5.84. The van der Waals surface area contributed by atoms with Gasteiger partial charge in [-0.1, -0.05) is 19.8 Å². The molecule has 0 aromatic heterocycles. The van der Waals surface area contributed by atoms with Gasteiger partial charge in [0, 0.05) is 31.1 Å². The molecule has 0 aromatic rings. The lowest BCUT2D eigenvalue weighted by Crippen LogP contribution is -2.55. The van der Waals surface area contributed by atoms with Crippen molar-refractivity contribution in [3.8, 4) is 0 Å². The van der Waals surface area contributed by atoms with Gasteiger partial charge in [-0.05, 0) is 38.3 Å². The van der Waals surface area contributed by atoms with Crippen LogP contribution in [0, 0.1) is 5.92 Å². The zero-order chi connectivity index (χ0) is 15.4. The highest BCUT2D eigenvalue weighted by atomic mass is 35.5. The average Bonchev–Trinajstić information content (AvgIpc) is 3.00. The Morgan fingerprint density at radius 3 is 2.54 bits per heavy atom. The second-order valence-electron chi connectivity index (χ2n) is 7.35. The molecule has 0 spiro atoms. The number of morpholine rings is 1. The van der Waals surface area contributed by atoms with E-state index in [1.807, 2.05) is 0 Å². The van der Waals surface area contributed by atoms with E-state index in [0.717, 1.165) is 45.8 Å². The molecule has 1 saturated carbocycles. The Balaban J connectivity index is 0.00000144.